The molecule has 2 aliphatic carbocycles. The zero-order chi connectivity index (χ0) is 13.1. The summed E-state index contributed by atoms with van der Waals surface area (Å²) in [6, 6.07) is 0.868. The summed E-state index contributed by atoms with van der Waals surface area (Å²) in [6.45, 7) is 6.30. The van der Waals surface area contributed by atoms with Crippen molar-refractivity contribution in [2.75, 3.05) is 19.6 Å². The average Bonchev–Trinajstić information content (AvgIpc) is 3.17. The molecule has 1 aliphatic heterocycles. The van der Waals surface area contributed by atoms with Gasteiger partial charge in [0.25, 0.3) is 0 Å². The van der Waals surface area contributed by atoms with Gasteiger partial charge in [0.2, 0.25) is 0 Å². The third kappa shape index (κ3) is 3.33. The number of piperazine rings is 1. The highest BCUT2D eigenvalue weighted by Gasteiger charge is 2.45. The minimum atomic E-state index is 0.510. The van der Waals surface area contributed by atoms with E-state index in [0.717, 1.165) is 12.0 Å². The molecule has 1 N–H and O–H groups in total. The van der Waals surface area contributed by atoms with Gasteiger partial charge in [0, 0.05) is 24.7 Å². The molecule has 0 bridgehead atoms. The van der Waals surface area contributed by atoms with Crippen LogP contribution in [0.5, 0.6) is 0 Å². The van der Waals surface area contributed by atoms with Crippen LogP contribution in [0.3, 0.4) is 0 Å². The van der Waals surface area contributed by atoms with Crippen LogP contribution in [0.2, 0.25) is 0 Å². The Morgan fingerprint density at radius 1 is 1.11 bits per heavy atom. The summed E-state index contributed by atoms with van der Waals surface area (Å²) in [7, 11) is 0. The highest BCUT2D eigenvalue weighted by atomic mass is 15.3. The van der Waals surface area contributed by atoms with E-state index in [1.807, 2.05) is 0 Å². The van der Waals surface area contributed by atoms with Crippen LogP contribution < -0.4 is 5.32 Å². The van der Waals surface area contributed by atoms with E-state index in [1.54, 1.807) is 0 Å². The van der Waals surface area contributed by atoms with Gasteiger partial charge >= 0.3 is 0 Å². The van der Waals surface area contributed by atoms with E-state index in [9.17, 15) is 0 Å². The molecule has 2 heteroatoms. The molecule has 0 aromatic heterocycles. The summed E-state index contributed by atoms with van der Waals surface area (Å²) in [5, 5.41) is 3.96. The number of hydrogen-bond acceptors (Lipinski definition) is 2. The van der Waals surface area contributed by atoms with Crippen LogP contribution in [0, 0.1) is 5.92 Å². The zero-order valence-corrected chi connectivity index (χ0v) is 12.8. The van der Waals surface area contributed by atoms with E-state index in [4.69, 9.17) is 0 Å². The monoisotopic (exact) mass is 264 g/mol. The van der Waals surface area contributed by atoms with E-state index < -0.39 is 0 Å². The van der Waals surface area contributed by atoms with Gasteiger partial charge < -0.3 is 5.32 Å². The largest absolute Gasteiger partial charge is 0.308 e. The predicted molar refractivity (Wildman–Crippen MR) is 81.4 cm³/mol. The zero-order valence-electron chi connectivity index (χ0n) is 12.8. The third-order valence-electron chi connectivity index (χ3n) is 5.69. The molecule has 3 aliphatic rings. The van der Waals surface area contributed by atoms with Crippen molar-refractivity contribution in [3.05, 3.63) is 0 Å². The van der Waals surface area contributed by atoms with Gasteiger partial charge in [0.15, 0.2) is 0 Å². The number of nitrogens with one attached hydrogen (secondary N) is 1. The minimum absolute atomic E-state index is 0.510. The lowest BCUT2D eigenvalue weighted by molar-refractivity contribution is 0.0676. The Balaban J connectivity index is 1.54. The second kappa shape index (κ2) is 6.13. The number of nitrogens with zero attached hydrogens (tertiary/aromatic N) is 1. The predicted octanol–water partition coefficient (Wildman–Crippen LogP) is 3.56. The van der Waals surface area contributed by atoms with E-state index in [0.29, 0.717) is 5.54 Å². The Kier molecular flexibility index (Phi) is 4.48. The van der Waals surface area contributed by atoms with E-state index in [2.05, 4.69) is 17.1 Å². The molecule has 3 fully saturated rings. The van der Waals surface area contributed by atoms with Crippen molar-refractivity contribution in [1.29, 1.82) is 0 Å². The molecule has 1 saturated heterocycles. The number of unbranched alkanes of at least 4 members (excludes halogenated alkanes) is 3. The Bertz CT molecular complexity index is 279. The summed E-state index contributed by atoms with van der Waals surface area (Å²) in [5.41, 5.74) is 0.510. The van der Waals surface area contributed by atoms with Gasteiger partial charge in [-0.3, -0.25) is 4.90 Å². The summed E-state index contributed by atoms with van der Waals surface area (Å²) in [4.78, 5) is 2.88. The van der Waals surface area contributed by atoms with E-state index in [-0.39, 0.29) is 0 Å². The fourth-order valence-electron chi connectivity index (χ4n) is 4.33. The molecule has 1 unspecified atom stereocenters. The van der Waals surface area contributed by atoms with Gasteiger partial charge in [-0.2, -0.15) is 0 Å². The second-order valence-electron chi connectivity index (χ2n) is 7.30. The molecular weight excluding hydrogens is 232 g/mol. The van der Waals surface area contributed by atoms with Gasteiger partial charge in [0.1, 0.15) is 0 Å². The maximum Gasteiger partial charge on any atom is 0.0309 e. The normalized spacial score (nSPS) is 31.1. The van der Waals surface area contributed by atoms with Crippen LogP contribution in [0.1, 0.15) is 71.1 Å². The highest BCUT2D eigenvalue weighted by molar-refractivity contribution is 5.03. The lowest BCUT2D eigenvalue weighted by Gasteiger charge is -2.47. The molecule has 1 atom stereocenters. The molecule has 110 valence electrons. The molecule has 2 nitrogen and oxygen atoms in total. The van der Waals surface area contributed by atoms with Gasteiger partial charge in [0.05, 0.1) is 0 Å². The van der Waals surface area contributed by atoms with Crippen LogP contribution in [0.4, 0.5) is 0 Å². The highest BCUT2D eigenvalue weighted by Crippen LogP contribution is 2.40. The van der Waals surface area contributed by atoms with Gasteiger partial charge in [-0.05, 0) is 44.6 Å². The van der Waals surface area contributed by atoms with Gasteiger partial charge in [-0.15, -0.1) is 0 Å². The maximum atomic E-state index is 3.96. The minimum Gasteiger partial charge on any atom is -0.308 e. The van der Waals surface area contributed by atoms with Crippen molar-refractivity contribution in [1.82, 2.24) is 10.2 Å². The SMILES string of the molecule is CCCCCCN1CC2(CCCC2)NCC1C1CC1. The summed E-state index contributed by atoms with van der Waals surface area (Å²) in [6.07, 6.45) is 14.4. The Morgan fingerprint density at radius 2 is 1.89 bits per heavy atom. The molecule has 2 saturated carbocycles. The van der Waals surface area contributed by atoms with Crippen LogP contribution in [0.15, 0.2) is 0 Å². The smallest absolute Gasteiger partial charge is 0.0309 e. The number of rotatable bonds is 6. The molecule has 0 radical (unpaired) electrons. The number of hydrogen-bond donors (Lipinski definition) is 1. The summed E-state index contributed by atoms with van der Waals surface area (Å²) >= 11 is 0. The lowest BCUT2D eigenvalue weighted by atomic mass is 9.91. The van der Waals surface area contributed by atoms with Crippen LogP contribution in [-0.2, 0) is 0 Å². The first-order valence-corrected chi connectivity index (χ1v) is 8.82. The van der Waals surface area contributed by atoms with Crippen molar-refractivity contribution in [2.45, 2.75) is 82.7 Å². The topological polar surface area (TPSA) is 15.3 Å². The third-order valence-corrected chi connectivity index (χ3v) is 5.69. The van der Waals surface area contributed by atoms with Crippen molar-refractivity contribution < 1.29 is 0 Å². The fraction of sp³-hybridized carbons (Fsp3) is 1.00. The second-order valence-corrected chi connectivity index (χ2v) is 7.30. The Hall–Kier alpha value is -0.0800. The summed E-state index contributed by atoms with van der Waals surface area (Å²) < 4.78 is 0. The molecule has 0 aromatic rings. The molecule has 1 spiro atoms. The van der Waals surface area contributed by atoms with Gasteiger partial charge in [-0.25, -0.2) is 0 Å². The van der Waals surface area contributed by atoms with Gasteiger partial charge in [-0.1, -0.05) is 39.0 Å². The first-order chi connectivity index (χ1) is 9.33. The van der Waals surface area contributed by atoms with Crippen molar-refractivity contribution >= 4 is 0 Å². The first kappa shape index (κ1) is 13.9. The standard InChI is InChI=1S/C17H32N2/c1-2-3-4-7-12-19-14-17(10-5-6-11-17)18-13-16(19)15-8-9-15/h15-16,18H,2-14H2,1H3. The van der Waals surface area contributed by atoms with Crippen LogP contribution >= 0.6 is 0 Å². The molecule has 0 amide bonds. The summed E-state index contributed by atoms with van der Waals surface area (Å²) in [5.74, 6) is 1.03. The maximum absolute atomic E-state index is 3.96. The first-order valence-electron chi connectivity index (χ1n) is 8.82. The van der Waals surface area contributed by atoms with E-state index in [1.165, 1.54) is 83.8 Å². The molecule has 3 rings (SSSR count). The van der Waals surface area contributed by atoms with Crippen molar-refractivity contribution in [2.24, 2.45) is 5.92 Å². The van der Waals surface area contributed by atoms with Crippen molar-refractivity contribution in [3.8, 4) is 0 Å². The fourth-order valence-corrected chi connectivity index (χ4v) is 4.33. The van der Waals surface area contributed by atoms with Crippen LogP contribution in [0.25, 0.3) is 0 Å². The molecule has 19 heavy (non-hydrogen) atoms. The van der Waals surface area contributed by atoms with Crippen LogP contribution in [-0.4, -0.2) is 36.1 Å². The lowest BCUT2D eigenvalue weighted by Crippen LogP contribution is -2.63. The Morgan fingerprint density at radius 3 is 2.58 bits per heavy atom. The van der Waals surface area contributed by atoms with E-state index >= 15 is 0 Å². The molecular formula is C17H32N2. The molecule has 1 heterocycles. The van der Waals surface area contributed by atoms with Crippen molar-refractivity contribution in [3.63, 3.8) is 0 Å². The Labute approximate surface area is 119 Å². The quantitative estimate of drug-likeness (QED) is 0.738. The molecule has 0 aromatic carbocycles. The average molecular weight is 264 g/mol.